The smallest absolute Gasteiger partial charge is 0.244 e. The summed E-state index contributed by atoms with van der Waals surface area (Å²) >= 11 is 1.93. The molecule has 0 spiro atoms. The third-order valence-electron chi connectivity index (χ3n) is 5.90. The van der Waals surface area contributed by atoms with Crippen molar-refractivity contribution in [2.45, 2.75) is 68.8 Å². The Hall–Kier alpha value is -1.74. The third kappa shape index (κ3) is 3.94. The van der Waals surface area contributed by atoms with Crippen LogP contribution in [0.25, 0.3) is 0 Å². The number of amides is 1. The summed E-state index contributed by atoms with van der Waals surface area (Å²) < 4.78 is 0. The Bertz CT molecular complexity index is 749. The second kappa shape index (κ2) is 8.52. The Kier molecular flexibility index (Phi) is 5.87. The van der Waals surface area contributed by atoms with E-state index in [-0.39, 0.29) is 11.2 Å². The highest BCUT2D eigenvalue weighted by molar-refractivity contribution is 8.01. The van der Waals surface area contributed by atoms with Crippen LogP contribution in [0.5, 0.6) is 0 Å². The van der Waals surface area contributed by atoms with Crippen LogP contribution in [-0.4, -0.2) is 16.4 Å². The van der Waals surface area contributed by atoms with Crippen molar-refractivity contribution in [2.75, 3.05) is 4.90 Å². The van der Waals surface area contributed by atoms with Crippen molar-refractivity contribution in [2.24, 2.45) is 0 Å². The molecule has 3 heteroatoms. The fourth-order valence-electron chi connectivity index (χ4n) is 4.42. The van der Waals surface area contributed by atoms with E-state index in [1.165, 1.54) is 43.2 Å². The van der Waals surface area contributed by atoms with Crippen LogP contribution in [0.1, 0.15) is 56.6 Å². The lowest BCUT2D eigenvalue weighted by atomic mass is 10.0. The minimum absolute atomic E-state index is 0.0345. The second-order valence-electron chi connectivity index (χ2n) is 7.72. The van der Waals surface area contributed by atoms with Crippen LogP contribution >= 0.6 is 11.8 Å². The van der Waals surface area contributed by atoms with Crippen LogP contribution in [0.2, 0.25) is 0 Å². The van der Waals surface area contributed by atoms with E-state index in [9.17, 15) is 4.79 Å². The van der Waals surface area contributed by atoms with Gasteiger partial charge < -0.3 is 0 Å². The maximum absolute atomic E-state index is 13.8. The van der Waals surface area contributed by atoms with Crippen LogP contribution in [0, 0.1) is 0 Å². The number of carbonyl (C=O) groups excluding carboxylic acids is 1. The van der Waals surface area contributed by atoms with Crippen molar-refractivity contribution in [1.82, 2.24) is 0 Å². The molecule has 4 rings (SSSR count). The Morgan fingerprint density at radius 3 is 2.07 bits per heavy atom. The van der Waals surface area contributed by atoms with Crippen molar-refractivity contribution in [3.05, 3.63) is 59.7 Å². The zero-order chi connectivity index (χ0) is 18.6. The summed E-state index contributed by atoms with van der Waals surface area (Å²) in [6.45, 7) is 2.16. The topological polar surface area (TPSA) is 20.3 Å². The normalized spacial score (nSPS) is 18.3. The summed E-state index contributed by atoms with van der Waals surface area (Å²) in [5, 5.41) is 0.678. The number of hydrogen-bond donors (Lipinski definition) is 0. The highest BCUT2D eigenvalue weighted by atomic mass is 32.2. The minimum atomic E-state index is 0.0345. The van der Waals surface area contributed by atoms with Gasteiger partial charge in [0.05, 0.1) is 16.6 Å². The first-order valence-corrected chi connectivity index (χ1v) is 11.4. The number of rotatable bonds is 4. The number of nitrogens with zero attached hydrogens (tertiary/aromatic N) is 1. The van der Waals surface area contributed by atoms with E-state index in [1.54, 1.807) is 0 Å². The standard InChI is InChI=1S/C24H29NOS/c1-2-23(27-20-12-4-3-5-13-20)24(26)25-21-14-8-6-10-18(21)16-17-19-11-7-9-15-22(19)25/h6-11,14-15,20,23H,2-5,12-13,16-17H2,1H3. The van der Waals surface area contributed by atoms with Crippen molar-refractivity contribution < 1.29 is 4.79 Å². The molecular weight excluding hydrogens is 350 g/mol. The van der Waals surface area contributed by atoms with Gasteiger partial charge in [-0.2, -0.15) is 0 Å². The molecule has 0 saturated heterocycles. The molecule has 2 aliphatic rings. The van der Waals surface area contributed by atoms with Crippen LogP contribution in [-0.2, 0) is 17.6 Å². The van der Waals surface area contributed by atoms with Gasteiger partial charge >= 0.3 is 0 Å². The lowest BCUT2D eigenvalue weighted by Gasteiger charge is -2.31. The number of aryl methyl sites for hydroxylation is 2. The first-order chi connectivity index (χ1) is 13.3. The minimum Gasteiger partial charge on any atom is -0.280 e. The lowest BCUT2D eigenvalue weighted by molar-refractivity contribution is -0.117. The molecule has 0 N–H and O–H groups in total. The quantitative estimate of drug-likeness (QED) is 0.622. The first-order valence-electron chi connectivity index (χ1n) is 10.4. The predicted molar refractivity (Wildman–Crippen MR) is 116 cm³/mol. The van der Waals surface area contributed by atoms with Crippen LogP contribution in [0.4, 0.5) is 11.4 Å². The summed E-state index contributed by atoms with van der Waals surface area (Å²) in [6, 6.07) is 16.9. The highest BCUT2D eigenvalue weighted by Gasteiger charge is 2.32. The molecule has 1 unspecified atom stereocenters. The molecule has 142 valence electrons. The van der Waals surface area contributed by atoms with E-state index in [2.05, 4.69) is 55.5 Å². The van der Waals surface area contributed by atoms with Gasteiger partial charge in [0, 0.05) is 5.25 Å². The second-order valence-corrected chi connectivity index (χ2v) is 9.23. The Balaban J connectivity index is 1.69. The van der Waals surface area contributed by atoms with E-state index >= 15 is 0 Å². The van der Waals surface area contributed by atoms with Gasteiger partial charge in [-0.3, -0.25) is 9.69 Å². The largest absolute Gasteiger partial charge is 0.280 e. The van der Waals surface area contributed by atoms with Gasteiger partial charge in [0.25, 0.3) is 0 Å². The zero-order valence-electron chi connectivity index (χ0n) is 16.2. The molecule has 2 aromatic rings. The number of fused-ring (bicyclic) bond motifs is 2. The average molecular weight is 380 g/mol. The number of hydrogen-bond acceptors (Lipinski definition) is 2. The fourth-order valence-corrected chi connectivity index (χ4v) is 5.91. The van der Waals surface area contributed by atoms with Gasteiger partial charge in [0.15, 0.2) is 0 Å². The van der Waals surface area contributed by atoms with Crippen molar-refractivity contribution >= 4 is 29.0 Å². The number of benzene rings is 2. The van der Waals surface area contributed by atoms with E-state index in [4.69, 9.17) is 0 Å². The Morgan fingerprint density at radius 1 is 0.963 bits per heavy atom. The molecule has 1 atom stereocenters. The van der Waals surface area contributed by atoms with Crippen LogP contribution in [0.15, 0.2) is 48.5 Å². The van der Waals surface area contributed by atoms with E-state index in [1.807, 2.05) is 16.7 Å². The molecule has 0 aromatic heterocycles. The van der Waals surface area contributed by atoms with Crippen LogP contribution < -0.4 is 4.90 Å². The molecule has 1 aliphatic carbocycles. The third-order valence-corrected chi connectivity index (χ3v) is 7.62. The molecule has 1 fully saturated rings. The number of carbonyl (C=O) groups is 1. The summed E-state index contributed by atoms with van der Waals surface area (Å²) in [5.41, 5.74) is 4.71. The van der Waals surface area contributed by atoms with Gasteiger partial charge in [0.2, 0.25) is 5.91 Å². The van der Waals surface area contributed by atoms with Crippen LogP contribution in [0.3, 0.4) is 0 Å². The molecule has 2 aromatic carbocycles. The molecule has 1 heterocycles. The molecular formula is C24H29NOS. The maximum atomic E-state index is 13.8. The average Bonchev–Trinajstić information content (AvgIpc) is 2.89. The fraction of sp³-hybridized carbons (Fsp3) is 0.458. The monoisotopic (exact) mass is 379 g/mol. The number of thioether (sulfide) groups is 1. The van der Waals surface area contributed by atoms with E-state index in [0.717, 1.165) is 30.6 Å². The van der Waals surface area contributed by atoms with Crippen molar-refractivity contribution in [1.29, 1.82) is 0 Å². The molecule has 2 nitrogen and oxygen atoms in total. The molecule has 0 bridgehead atoms. The summed E-state index contributed by atoms with van der Waals surface area (Å²) in [7, 11) is 0. The van der Waals surface area contributed by atoms with Gasteiger partial charge in [0.1, 0.15) is 0 Å². The zero-order valence-corrected chi connectivity index (χ0v) is 17.0. The van der Waals surface area contributed by atoms with Gasteiger partial charge in [-0.05, 0) is 55.4 Å². The summed E-state index contributed by atoms with van der Waals surface area (Å²) in [5.74, 6) is 0.259. The lowest BCUT2D eigenvalue weighted by Crippen LogP contribution is -2.36. The van der Waals surface area contributed by atoms with Gasteiger partial charge in [-0.1, -0.05) is 62.6 Å². The summed E-state index contributed by atoms with van der Waals surface area (Å²) in [4.78, 5) is 15.8. The molecule has 27 heavy (non-hydrogen) atoms. The first kappa shape index (κ1) is 18.6. The Morgan fingerprint density at radius 2 is 1.52 bits per heavy atom. The summed E-state index contributed by atoms with van der Waals surface area (Å²) in [6.07, 6.45) is 9.39. The molecule has 1 saturated carbocycles. The molecule has 1 amide bonds. The number of para-hydroxylation sites is 2. The van der Waals surface area contributed by atoms with Gasteiger partial charge in [-0.15, -0.1) is 11.8 Å². The van der Waals surface area contributed by atoms with E-state index < -0.39 is 0 Å². The van der Waals surface area contributed by atoms with Gasteiger partial charge in [-0.25, -0.2) is 0 Å². The Labute approximate surface area is 167 Å². The van der Waals surface area contributed by atoms with Crippen molar-refractivity contribution in [3.63, 3.8) is 0 Å². The molecule has 1 aliphatic heterocycles. The highest BCUT2D eigenvalue weighted by Crippen LogP contribution is 2.39. The predicted octanol–water partition coefficient (Wildman–Crippen LogP) is 6.29. The number of anilines is 2. The maximum Gasteiger partial charge on any atom is 0.244 e. The molecule has 0 radical (unpaired) electrons. The van der Waals surface area contributed by atoms with Crippen molar-refractivity contribution in [3.8, 4) is 0 Å². The SMILES string of the molecule is CCC(SC1CCCCC1)C(=O)N1c2ccccc2CCc2ccccc21. The van der Waals surface area contributed by atoms with E-state index in [0.29, 0.717) is 5.25 Å².